The molecule has 33 heavy (non-hydrogen) atoms. The molecule has 3 rings (SSSR count). The minimum absolute atomic E-state index is 0.106. The molecule has 178 valence electrons. The molecule has 0 radical (unpaired) electrons. The maximum atomic E-state index is 9.68. The molecular weight excluding hydrogens is 537 g/mol. The average Bonchev–Trinajstić information content (AvgIpc) is 3.50. The van der Waals surface area contributed by atoms with Gasteiger partial charge in [-0.2, -0.15) is 0 Å². The normalized spacial score (nSPS) is 30.0. The fraction of sp³-hybridized carbons (Fsp3) is 0.679. The van der Waals surface area contributed by atoms with Crippen LogP contribution in [0.5, 0.6) is 0 Å². The number of nitrogens with zero attached hydrogens (tertiary/aromatic N) is 3. The Balaban J connectivity index is 1.79. The minimum atomic E-state index is -0.543. The molecule has 1 heterocycles. The average molecular weight is 575 g/mol. The molecule has 0 aromatic heterocycles. The zero-order chi connectivity index (χ0) is 23.8. The molecule has 1 aliphatic heterocycles. The van der Waals surface area contributed by atoms with E-state index < -0.39 is 5.92 Å². The summed E-state index contributed by atoms with van der Waals surface area (Å²) in [4.78, 5) is 1.31. The molecule has 2 saturated carbocycles. The van der Waals surface area contributed by atoms with Crippen LogP contribution in [0, 0.1) is 63.1 Å². The number of allylic oxidation sites excluding steroid dienone is 5. The quantitative estimate of drug-likeness (QED) is 0.207. The Morgan fingerprint density at radius 3 is 2.55 bits per heavy atom. The van der Waals surface area contributed by atoms with Crippen LogP contribution >= 0.6 is 11.8 Å². The molecule has 5 heteroatoms. The van der Waals surface area contributed by atoms with Crippen LogP contribution in [0.1, 0.15) is 78.6 Å². The predicted molar refractivity (Wildman–Crippen MR) is 132 cm³/mol. The summed E-state index contributed by atoms with van der Waals surface area (Å²) >= 11 is 1.54. The van der Waals surface area contributed by atoms with Gasteiger partial charge in [0.1, 0.15) is 0 Å². The van der Waals surface area contributed by atoms with Gasteiger partial charge in [0.2, 0.25) is 0 Å². The van der Waals surface area contributed by atoms with Gasteiger partial charge >= 0.3 is 217 Å². The van der Waals surface area contributed by atoms with Crippen LogP contribution in [-0.2, 0) is 0 Å². The SMILES string of the molecule is CCCC(C#N)[I-]/C=C1\C(C/C=C\CCC2(CC)CC2)CC(C(C#N)C#N)C2SC(C)=CC12. The van der Waals surface area contributed by atoms with Crippen molar-refractivity contribution >= 4 is 11.8 Å². The fourth-order valence-corrected chi connectivity index (χ4v) is 9.80. The van der Waals surface area contributed by atoms with E-state index in [0.717, 1.165) is 32.1 Å². The topological polar surface area (TPSA) is 71.4 Å². The van der Waals surface area contributed by atoms with Gasteiger partial charge in [-0.1, -0.05) is 0 Å². The molecular formula is C28H37IN3S-. The van der Waals surface area contributed by atoms with Crippen molar-refractivity contribution in [3.63, 3.8) is 0 Å². The zero-order valence-corrected chi connectivity index (χ0v) is 23.2. The Hall–Kier alpha value is -1.23. The molecule has 5 unspecified atom stereocenters. The summed E-state index contributed by atoms with van der Waals surface area (Å²) in [5.41, 5.74) is 2.13. The number of hydrogen-bond acceptors (Lipinski definition) is 4. The van der Waals surface area contributed by atoms with Crippen molar-refractivity contribution in [2.24, 2.45) is 29.1 Å². The van der Waals surface area contributed by atoms with Crippen molar-refractivity contribution in [2.45, 2.75) is 87.7 Å². The van der Waals surface area contributed by atoms with Crippen LogP contribution in [0.15, 0.2) is 32.8 Å². The maximum absolute atomic E-state index is 9.68. The van der Waals surface area contributed by atoms with Gasteiger partial charge in [0, 0.05) is 0 Å². The monoisotopic (exact) mass is 574 g/mol. The van der Waals surface area contributed by atoms with E-state index in [4.69, 9.17) is 0 Å². The summed E-state index contributed by atoms with van der Waals surface area (Å²) in [7, 11) is 0. The first-order chi connectivity index (χ1) is 16.0. The third-order valence-corrected chi connectivity index (χ3v) is 12.1. The first-order valence-corrected chi connectivity index (χ1v) is 15.9. The van der Waals surface area contributed by atoms with E-state index in [1.165, 1.54) is 36.2 Å². The molecule has 3 nitrogen and oxygen atoms in total. The number of hydrogen-bond donors (Lipinski definition) is 0. The predicted octanol–water partition coefficient (Wildman–Crippen LogP) is 4.50. The summed E-state index contributed by atoms with van der Waals surface area (Å²) in [6, 6.07) is 7.13. The van der Waals surface area contributed by atoms with E-state index in [-0.39, 0.29) is 36.3 Å². The molecule has 0 N–H and O–H groups in total. The van der Waals surface area contributed by atoms with Gasteiger partial charge in [0.25, 0.3) is 0 Å². The molecule has 2 fully saturated rings. The van der Waals surface area contributed by atoms with Crippen LogP contribution in [0.25, 0.3) is 0 Å². The van der Waals surface area contributed by atoms with Crippen LogP contribution in [0.4, 0.5) is 0 Å². The Kier molecular flexibility index (Phi) is 9.96. The Morgan fingerprint density at radius 1 is 1.18 bits per heavy atom. The Bertz CT molecular complexity index is 882. The van der Waals surface area contributed by atoms with Crippen molar-refractivity contribution in [1.29, 1.82) is 15.8 Å². The number of fused-ring (bicyclic) bond motifs is 1. The second-order valence-electron chi connectivity index (χ2n) is 9.94. The van der Waals surface area contributed by atoms with E-state index in [1.54, 1.807) is 0 Å². The molecule has 0 saturated heterocycles. The van der Waals surface area contributed by atoms with Crippen LogP contribution in [0.2, 0.25) is 0 Å². The van der Waals surface area contributed by atoms with Crippen molar-refractivity contribution in [1.82, 2.24) is 0 Å². The first kappa shape index (κ1) is 26.4. The second-order valence-corrected chi connectivity index (χ2v) is 14.2. The van der Waals surface area contributed by atoms with Crippen LogP contribution < -0.4 is 21.2 Å². The second kappa shape index (κ2) is 12.5. The van der Waals surface area contributed by atoms with E-state index in [9.17, 15) is 15.8 Å². The zero-order valence-electron chi connectivity index (χ0n) is 20.3. The molecule has 0 bridgehead atoms. The van der Waals surface area contributed by atoms with E-state index >= 15 is 0 Å². The summed E-state index contributed by atoms with van der Waals surface area (Å²) < 4.78 is 2.65. The molecule has 2 aliphatic carbocycles. The third kappa shape index (κ3) is 6.68. The van der Waals surface area contributed by atoms with Gasteiger partial charge < -0.3 is 0 Å². The molecule has 0 spiro atoms. The van der Waals surface area contributed by atoms with Gasteiger partial charge in [0.05, 0.1) is 0 Å². The Labute approximate surface area is 215 Å². The summed E-state index contributed by atoms with van der Waals surface area (Å²) in [5.74, 6) is 0.251. The van der Waals surface area contributed by atoms with Gasteiger partial charge in [0.15, 0.2) is 0 Å². The number of alkyl halides is 1. The van der Waals surface area contributed by atoms with E-state index in [2.05, 4.69) is 61.3 Å². The van der Waals surface area contributed by atoms with Gasteiger partial charge in [-0.05, 0) is 0 Å². The fourth-order valence-electron chi connectivity index (χ4n) is 5.41. The van der Waals surface area contributed by atoms with Gasteiger partial charge in [-0.15, -0.1) is 0 Å². The Morgan fingerprint density at radius 2 is 1.94 bits per heavy atom. The molecule has 0 amide bonds. The standard InChI is InChI=1S/C28H37IN3S/c1-4-9-23(19-32)29-16-26-21(10-7-6-8-11-28(5-2)12-13-28)15-24(22(17-30)18-31)27-25(26)14-20(3)33-27/h6-7,14,16,21-25,27H,4-5,8-13,15H2,1-3H3/q-1/b7-6-,26-16+. The van der Waals surface area contributed by atoms with E-state index in [1.807, 2.05) is 11.8 Å². The van der Waals surface area contributed by atoms with Crippen molar-refractivity contribution < 1.29 is 21.2 Å². The van der Waals surface area contributed by atoms with E-state index in [0.29, 0.717) is 17.3 Å². The third-order valence-electron chi connectivity index (χ3n) is 7.79. The van der Waals surface area contributed by atoms with Crippen molar-refractivity contribution in [3.05, 3.63) is 32.8 Å². The van der Waals surface area contributed by atoms with Crippen LogP contribution in [0.3, 0.4) is 0 Å². The molecule has 3 aliphatic rings. The number of halogens is 1. The number of rotatable bonds is 11. The summed E-state index contributed by atoms with van der Waals surface area (Å²) in [6.07, 6.45) is 17.6. The number of nitriles is 3. The van der Waals surface area contributed by atoms with Gasteiger partial charge in [-0.3, -0.25) is 0 Å². The first-order valence-electron chi connectivity index (χ1n) is 12.5. The summed E-state index contributed by atoms with van der Waals surface area (Å²) in [5, 5.41) is 29.2. The molecule has 5 atom stereocenters. The summed E-state index contributed by atoms with van der Waals surface area (Å²) in [6.45, 7) is 6.63. The molecule has 0 aromatic carbocycles. The number of thioether (sulfide) groups is 1. The van der Waals surface area contributed by atoms with Gasteiger partial charge in [-0.25, -0.2) is 0 Å². The van der Waals surface area contributed by atoms with Crippen molar-refractivity contribution in [2.75, 3.05) is 0 Å². The molecule has 0 aromatic rings. The van der Waals surface area contributed by atoms with Crippen molar-refractivity contribution in [3.8, 4) is 18.2 Å². The van der Waals surface area contributed by atoms with Crippen LogP contribution in [-0.4, -0.2) is 9.17 Å².